The van der Waals surface area contributed by atoms with Gasteiger partial charge in [0.05, 0.1) is 12.7 Å². The highest BCUT2D eigenvalue weighted by molar-refractivity contribution is 5.89. The molecule has 0 aliphatic carbocycles. The standard InChI is InChI=1S/C20H26N4O2/c1-15-10-23(12-17-4-6-19(7-5-17)20(25)26-3)11-16(2)24(15)13-18-8-21-14-22-9-18/h4-9,14-16H,10-13H2,1-3H3/t15-,16+. The van der Waals surface area contributed by atoms with Crippen molar-refractivity contribution in [3.05, 3.63) is 59.7 Å². The number of ether oxygens (including phenoxy) is 1. The van der Waals surface area contributed by atoms with E-state index in [1.54, 1.807) is 6.33 Å². The predicted molar refractivity (Wildman–Crippen MR) is 99.6 cm³/mol. The van der Waals surface area contributed by atoms with E-state index in [0.29, 0.717) is 17.6 Å². The fraction of sp³-hybridized carbons (Fsp3) is 0.450. The number of methoxy groups -OCH3 is 1. The van der Waals surface area contributed by atoms with Crippen LogP contribution in [-0.4, -0.2) is 58.0 Å². The molecule has 3 rings (SSSR count). The smallest absolute Gasteiger partial charge is 0.337 e. The lowest BCUT2D eigenvalue weighted by molar-refractivity contribution is 0.0289. The zero-order valence-electron chi connectivity index (χ0n) is 15.6. The van der Waals surface area contributed by atoms with Crippen molar-refractivity contribution in [2.75, 3.05) is 20.2 Å². The molecule has 0 unspecified atom stereocenters. The number of hydrogen-bond acceptors (Lipinski definition) is 6. The first-order valence-corrected chi connectivity index (χ1v) is 8.96. The van der Waals surface area contributed by atoms with Gasteiger partial charge in [-0.3, -0.25) is 9.80 Å². The van der Waals surface area contributed by atoms with Crippen LogP contribution in [0.1, 0.15) is 35.3 Å². The molecule has 1 aliphatic rings. The van der Waals surface area contributed by atoms with Gasteiger partial charge in [-0.15, -0.1) is 0 Å². The van der Waals surface area contributed by atoms with E-state index in [1.807, 2.05) is 36.7 Å². The van der Waals surface area contributed by atoms with Crippen LogP contribution in [0, 0.1) is 0 Å². The first-order chi connectivity index (χ1) is 12.6. The molecule has 26 heavy (non-hydrogen) atoms. The van der Waals surface area contributed by atoms with E-state index in [4.69, 9.17) is 4.74 Å². The maximum absolute atomic E-state index is 11.5. The fourth-order valence-electron chi connectivity index (χ4n) is 3.65. The average molecular weight is 354 g/mol. The Kier molecular flexibility index (Phi) is 5.96. The molecule has 138 valence electrons. The van der Waals surface area contributed by atoms with Crippen molar-refractivity contribution in [1.82, 2.24) is 19.8 Å². The summed E-state index contributed by atoms with van der Waals surface area (Å²) in [6, 6.07) is 8.59. The molecule has 0 radical (unpaired) electrons. The molecule has 1 aliphatic heterocycles. The summed E-state index contributed by atoms with van der Waals surface area (Å²) in [5.41, 5.74) is 2.95. The van der Waals surface area contributed by atoms with E-state index in [2.05, 4.69) is 33.6 Å². The summed E-state index contributed by atoms with van der Waals surface area (Å²) in [5.74, 6) is -0.294. The molecule has 1 aromatic carbocycles. The number of benzene rings is 1. The SMILES string of the molecule is COC(=O)c1ccc(CN2C[C@@H](C)N(Cc3cncnc3)[C@@H](C)C2)cc1. The van der Waals surface area contributed by atoms with Crippen LogP contribution in [0.4, 0.5) is 0 Å². The molecule has 1 aromatic heterocycles. The molecule has 2 heterocycles. The van der Waals surface area contributed by atoms with E-state index >= 15 is 0 Å². The third-order valence-corrected chi connectivity index (χ3v) is 4.94. The van der Waals surface area contributed by atoms with Gasteiger partial charge in [-0.25, -0.2) is 14.8 Å². The Labute approximate surface area is 154 Å². The number of hydrogen-bond donors (Lipinski definition) is 0. The van der Waals surface area contributed by atoms with Gasteiger partial charge in [0.1, 0.15) is 6.33 Å². The number of carbonyl (C=O) groups is 1. The Morgan fingerprint density at radius 1 is 1.04 bits per heavy atom. The van der Waals surface area contributed by atoms with E-state index in [0.717, 1.165) is 31.7 Å². The van der Waals surface area contributed by atoms with E-state index in [-0.39, 0.29) is 5.97 Å². The van der Waals surface area contributed by atoms with Crippen LogP contribution in [0.15, 0.2) is 43.0 Å². The zero-order chi connectivity index (χ0) is 18.5. The molecule has 6 heteroatoms. The van der Waals surface area contributed by atoms with Crippen LogP contribution in [0.2, 0.25) is 0 Å². The molecule has 0 bridgehead atoms. The Morgan fingerprint density at radius 2 is 1.65 bits per heavy atom. The van der Waals surface area contributed by atoms with Gasteiger partial charge in [0.25, 0.3) is 0 Å². The highest BCUT2D eigenvalue weighted by Gasteiger charge is 2.29. The van der Waals surface area contributed by atoms with Crippen molar-refractivity contribution in [3.63, 3.8) is 0 Å². The van der Waals surface area contributed by atoms with Gasteiger partial charge in [-0.2, -0.15) is 0 Å². The molecule has 2 aromatic rings. The van der Waals surface area contributed by atoms with E-state index < -0.39 is 0 Å². The van der Waals surface area contributed by atoms with E-state index in [9.17, 15) is 4.79 Å². The second-order valence-corrected chi connectivity index (χ2v) is 7.00. The lowest BCUT2D eigenvalue weighted by atomic mass is 10.1. The molecule has 1 fully saturated rings. The molecule has 6 nitrogen and oxygen atoms in total. The third-order valence-electron chi connectivity index (χ3n) is 4.94. The number of nitrogens with zero attached hydrogens (tertiary/aromatic N) is 4. The van der Waals surface area contributed by atoms with Gasteiger partial charge in [0.15, 0.2) is 0 Å². The lowest BCUT2D eigenvalue weighted by Gasteiger charge is -2.44. The van der Waals surface area contributed by atoms with Gasteiger partial charge in [-0.1, -0.05) is 12.1 Å². The summed E-state index contributed by atoms with van der Waals surface area (Å²) >= 11 is 0. The monoisotopic (exact) mass is 354 g/mol. The van der Waals surface area contributed by atoms with Crippen LogP contribution in [0.25, 0.3) is 0 Å². The first-order valence-electron chi connectivity index (χ1n) is 8.96. The summed E-state index contributed by atoms with van der Waals surface area (Å²) in [7, 11) is 1.40. The summed E-state index contributed by atoms with van der Waals surface area (Å²) in [4.78, 5) is 24.8. The summed E-state index contributed by atoms with van der Waals surface area (Å²) in [6.07, 6.45) is 5.35. The Hall–Kier alpha value is -2.31. The fourth-order valence-corrected chi connectivity index (χ4v) is 3.65. The van der Waals surface area contributed by atoms with Crippen LogP contribution < -0.4 is 0 Å². The topological polar surface area (TPSA) is 58.6 Å². The van der Waals surface area contributed by atoms with Crippen molar-refractivity contribution in [3.8, 4) is 0 Å². The van der Waals surface area contributed by atoms with Crippen LogP contribution >= 0.6 is 0 Å². The summed E-state index contributed by atoms with van der Waals surface area (Å²) < 4.78 is 4.75. The largest absolute Gasteiger partial charge is 0.465 e. The molecule has 0 saturated carbocycles. The quantitative estimate of drug-likeness (QED) is 0.768. The maximum Gasteiger partial charge on any atom is 0.337 e. The van der Waals surface area contributed by atoms with Crippen LogP contribution in [0.3, 0.4) is 0 Å². The van der Waals surface area contributed by atoms with Crippen LogP contribution in [0.5, 0.6) is 0 Å². The molecular weight excluding hydrogens is 328 g/mol. The first kappa shape index (κ1) is 18.5. The highest BCUT2D eigenvalue weighted by Crippen LogP contribution is 2.20. The number of piperazine rings is 1. The number of esters is 1. The maximum atomic E-state index is 11.5. The molecule has 2 atom stereocenters. The van der Waals surface area contributed by atoms with Gasteiger partial charge in [0, 0.05) is 56.2 Å². The lowest BCUT2D eigenvalue weighted by Crippen LogP contribution is -2.55. The minimum atomic E-state index is -0.294. The molecule has 1 saturated heterocycles. The summed E-state index contributed by atoms with van der Waals surface area (Å²) in [5, 5.41) is 0. The zero-order valence-corrected chi connectivity index (χ0v) is 15.6. The molecular formula is C20H26N4O2. The van der Waals surface area contributed by atoms with Gasteiger partial charge in [0.2, 0.25) is 0 Å². The van der Waals surface area contributed by atoms with Crippen molar-refractivity contribution < 1.29 is 9.53 Å². The van der Waals surface area contributed by atoms with Gasteiger partial charge in [-0.05, 0) is 31.5 Å². The van der Waals surface area contributed by atoms with Crippen molar-refractivity contribution in [1.29, 1.82) is 0 Å². The number of aromatic nitrogens is 2. The normalized spacial score (nSPS) is 21.5. The summed E-state index contributed by atoms with van der Waals surface area (Å²) in [6.45, 7) is 8.33. The molecule has 0 spiro atoms. The van der Waals surface area contributed by atoms with Crippen LogP contribution in [-0.2, 0) is 17.8 Å². The Balaban J connectivity index is 1.59. The van der Waals surface area contributed by atoms with Gasteiger partial charge >= 0.3 is 5.97 Å². The van der Waals surface area contributed by atoms with Crippen molar-refractivity contribution >= 4 is 5.97 Å². The average Bonchev–Trinajstić information content (AvgIpc) is 2.65. The number of carbonyl (C=O) groups excluding carboxylic acids is 1. The Morgan fingerprint density at radius 3 is 2.23 bits per heavy atom. The molecule has 0 N–H and O–H groups in total. The second kappa shape index (κ2) is 8.38. The van der Waals surface area contributed by atoms with Gasteiger partial charge < -0.3 is 4.74 Å². The van der Waals surface area contributed by atoms with E-state index in [1.165, 1.54) is 12.7 Å². The second-order valence-electron chi connectivity index (χ2n) is 7.00. The minimum Gasteiger partial charge on any atom is -0.465 e. The Bertz CT molecular complexity index is 708. The highest BCUT2D eigenvalue weighted by atomic mass is 16.5. The van der Waals surface area contributed by atoms with Crippen molar-refractivity contribution in [2.24, 2.45) is 0 Å². The predicted octanol–water partition coefficient (Wildman–Crippen LogP) is 2.36. The third kappa shape index (κ3) is 4.45. The minimum absolute atomic E-state index is 0.294. The molecule has 0 amide bonds. The van der Waals surface area contributed by atoms with Crippen molar-refractivity contribution in [2.45, 2.75) is 39.0 Å². The number of rotatable bonds is 5.